The summed E-state index contributed by atoms with van der Waals surface area (Å²) >= 11 is 12.1. The number of rotatable bonds is 3. The first kappa shape index (κ1) is 16.8. The van der Waals surface area contributed by atoms with Gasteiger partial charge < -0.3 is 0 Å². The lowest BCUT2D eigenvalue weighted by molar-refractivity contribution is 0.745. The van der Waals surface area contributed by atoms with Crippen molar-refractivity contribution >= 4 is 34.4 Å². The molecule has 2 aromatic carbocycles. The maximum absolute atomic E-state index is 12.8. The fraction of sp³-hybridized carbons (Fsp3) is 0.111. The topological polar surface area (TPSA) is 65.6 Å². The fourth-order valence-electron chi connectivity index (χ4n) is 2.72. The number of halogens is 2. The third-order valence-electron chi connectivity index (χ3n) is 4.03. The van der Waals surface area contributed by atoms with Gasteiger partial charge in [-0.3, -0.25) is 9.36 Å². The normalized spacial score (nSPS) is 11.2. The van der Waals surface area contributed by atoms with E-state index in [9.17, 15) is 4.79 Å². The van der Waals surface area contributed by atoms with Gasteiger partial charge in [0.05, 0.1) is 12.2 Å². The van der Waals surface area contributed by atoms with Crippen LogP contribution in [0.2, 0.25) is 10.0 Å². The highest BCUT2D eigenvalue weighted by atomic mass is 35.5. The van der Waals surface area contributed by atoms with Crippen molar-refractivity contribution in [1.82, 2.24) is 24.5 Å². The molecule has 8 heteroatoms. The zero-order valence-corrected chi connectivity index (χ0v) is 15.2. The van der Waals surface area contributed by atoms with Gasteiger partial charge in [-0.1, -0.05) is 46.6 Å². The van der Waals surface area contributed by atoms with E-state index in [1.807, 2.05) is 31.2 Å². The zero-order valence-electron chi connectivity index (χ0n) is 13.7. The van der Waals surface area contributed by atoms with E-state index in [4.69, 9.17) is 23.2 Å². The summed E-state index contributed by atoms with van der Waals surface area (Å²) < 4.78 is 3.01. The van der Waals surface area contributed by atoms with E-state index >= 15 is 0 Å². The number of fused-ring (bicyclic) bond motifs is 1. The van der Waals surface area contributed by atoms with Gasteiger partial charge in [-0.15, -0.1) is 5.10 Å². The van der Waals surface area contributed by atoms with Crippen molar-refractivity contribution in [2.24, 2.45) is 0 Å². The molecule has 0 N–H and O–H groups in total. The monoisotopic (exact) mass is 385 g/mol. The van der Waals surface area contributed by atoms with E-state index < -0.39 is 0 Å². The molecule has 0 aliphatic carbocycles. The number of hydrogen-bond acceptors (Lipinski definition) is 4. The number of aromatic nitrogens is 5. The summed E-state index contributed by atoms with van der Waals surface area (Å²) in [5.74, 6) is 0. The standard InChI is InChI=1S/C18H13Cl2N5O/c1-11-3-2-4-14(7-11)25-17-16(22-23-25)18(26)24(10-21-17)9-12-5-6-13(19)8-15(12)20/h2-8,10H,9H2,1H3. The van der Waals surface area contributed by atoms with Gasteiger partial charge in [0.1, 0.15) is 6.33 Å². The Hall–Kier alpha value is -2.70. The molecule has 0 fully saturated rings. The highest BCUT2D eigenvalue weighted by Gasteiger charge is 2.14. The van der Waals surface area contributed by atoms with E-state index in [1.165, 1.54) is 10.9 Å². The molecule has 0 radical (unpaired) electrons. The molecule has 0 aliphatic heterocycles. The predicted octanol–water partition coefficient (Wildman–Crippen LogP) is 3.64. The molecule has 0 aliphatic rings. The molecular weight excluding hydrogens is 373 g/mol. The Labute approximate surface area is 158 Å². The van der Waals surface area contributed by atoms with Crippen molar-refractivity contribution in [2.45, 2.75) is 13.5 Å². The quantitative estimate of drug-likeness (QED) is 0.539. The number of aryl methyl sites for hydroxylation is 1. The van der Waals surface area contributed by atoms with Crippen molar-refractivity contribution < 1.29 is 0 Å². The maximum atomic E-state index is 12.8. The molecule has 0 unspecified atom stereocenters. The minimum atomic E-state index is -0.278. The highest BCUT2D eigenvalue weighted by Crippen LogP contribution is 2.21. The SMILES string of the molecule is Cc1cccc(-n2nnc3c(=O)n(Cc4ccc(Cl)cc4Cl)cnc32)c1. The first-order valence-electron chi connectivity index (χ1n) is 7.85. The van der Waals surface area contributed by atoms with E-state index in [0.29, 0.717) is 15.7 Å². The second kappa shape index (κ2) is 6.55. The summed E-state index contributed by atoms with van der Waals surface area (Å²) in [4.78, 5) is 17.1. The Morgan fingerprint density at radius 1 is 1.12 bits per heavy atom. The van der Waals surface area contributed by atoms with Gasteiger partial charge in [-0.05, 0) is 42.3 Å². The minimum absolute atomic E-state index is 0.207. The van der Waals surface area contributed by atoms with Crippen molar-refractivity contribution in [3.8, 4) is 5.69 Å². The molecule has 0 bridgehead atoms. The van der Waals surface area contributed by atoms with E-state index in [0.717, 1.165) is 16.8 Å². The van der Waals surface area contributed by atoms with E-state index in [1.54, 1.807) is 22.9 Å². The van der Waals surface area contributed by atoms with Crippen molar-refractivity contribution in [3.63, 3.8) is 0 Å². The Morgan fingerprint density at radius 2 is 1.96 bits per heavy atom. The molecule has 2 aromatic heterocycles. The van der Waals surface area contributed by atoms with Crippen LogP contribution < -0.4 is 5.56 Å². The van der Waals surface area contributed by atoms with Crippen LogP contribution in [0.4, 0.5) is 0 Å². The second-order valence-electron chi connectivity index (χ2n) is 5.93. The molecule has 0 amide bonds. The predicted molar refractivity (Wildman–Crippen MR) is 101 cm³/mol. The van der Waals surface area contributed by atoms with Crippen LogP contribution >= 0.6 is 23.2 Å². The molecule has 26 heavy (non-hydrogen) atoms. The molecule has 0 saturated carbocycles. The average molecular weight is 386 g/mol. The fourth-order valence-corrected chi connectivity index (χ4v) is 3.19. The van der Waals surface area contributed by atoms with Crippen LogP contribution in [0.25, 0.3) is 16.9 Å². The van der Waals surface area contributed by atoms with Crippen LogP contribution in [0.15, 0.2) is 53.6 Å². The van der Waals surface area contributed by atoms with Crippen molar-refractivity contribution in [3.05, 3.63) is 80.3 Å². The van der Waals surface area contributed by atoms with Crippen LogP contribution in [-0.2, 0) is 6.54 Å². The van der Waals surface area contributed by atoms with Crippen LogP contribution in [0.5, 0.6) is 0 Å². The molecular formula is C18H13Cl2N5O. The Bertz CT molecular complexity index is 1180. The summed E-state index contributed by atoms with van der Waals surface area (Å²) in [6, 6.07) is 12.9. The molecule has 130 valence electrons. The number of benzene rings is 2. The molecule has 4 aromatic rings. The summed E-state index contributed by atoms with van der Waals surface area (Å²) in [6.07, 6.45) is 1.48. The molecule has 4 rings (SSSR count). The van der Waals surface area contributed by atoms with Gasteiger partial charge in [0, 0.05) is 10.0 Å². The second-order valence-corrected chi connectivity index (χ2v) is 6.77. The Morgan fingerprint density at radius 3 is 2.73 bits per heavy atom. The summed E-state index contributed by atoms with van der Waals surface area (Å²) in [6.45, 7) is 2.26. The molecule has 2 heterocycles. The Kier molecular flexibility index (Phi) is 4.22. The smallest absolute Gasteiger partial charge is 0.283 e. The third kappa shape index (κ3) is 2.98. The largest absolute Gasteiger partial charge is 0.293 e. The van der Waals surface area contributed by atoms with Crippen LogP contribution in [0.1, 0.15) is 11.1 Å². The first-order chi connectivity index (χ1) is 12.5. The molecule has 0 saturated heterocycles. The van der Waals surface area contributed by atoms with Gasteiger partial charge >= 0.3 is 0 Å². The van der Waals surface area contributed by atoms with Gasteiger partial charge in [0.15, 0.2) is 11.2 Å². The van der Waals surface area contributed by atoms with Crippen LogP contribution in [0.3, 0.4) is 0 Å². The summed E-state index contributed by atoms with van der Waals surface area (Å²) in [5, 5.41) is 9.15. The maximum Gasteiger partial charge on any atom is 0.283 e. The Balaban J connectivity index is 1.78. The van der Waals surface area contributed by atoms with Crippen LogP contribution in [0, 0.1) is 6.92 Å². The third-order valence-corrected chi connectivity index (χ3v) is 4.62. The van der Waals surface area contributed by atoms with Crippen LogP contribution in [-0.4, -0.2) is 24.5 Å². The lowest BCUT2D eigenvalue weighted by atomic mass is 10.2. The molecule has 0 spiro atoms. The lowest BCUT2D eigenvalue weighted by Gasteiger charge is -2.08. The molecule has 0 atom stereocenters. The van der Waals surface area contributed by atoms with Gasteiger partial charge in [0.2, 0.25) is 0 Å². The van der Waals surface area contributed by atoms with Gasteiger partial charge in [0.25, 0.3) is 5.56 Å². The van der Waals surface area contributed by atoms with E-state index in [2.05, 4.69) is 15.3 Å². The summed E-state index contributed by atoms with van der Waals surface area (Å²) in [7, 11) is 0. The highest BCUT2D eigenvalue weighted by molar-refractivity contribution is 6.35. The number of hydrogen-bond donors (Lipinski definition) is 0. The summed E-state index contributed by atoms with van der Waals surface area (Å²) in [5.41, 5.74) is 3.00. The lowest BCUT2D eigenvalue weighted by Crippen LogP contribution is -2.21. The zero-order chi connectivity index (χ0) is 18.3. The minimum Gasteiger partial charge on any atom is -0.293 e. The van der Waals surface area contributed by atoms with Crippen molar-refractivity contribution in [2.75, 3.05) is 0 Å². The first-order valence-corrected chi connectivity index (χ1v) is 8.60. The van der Waals surface area contributed by atoms with Gasteiger partial charge in [-0.2, -0.15) is 4.68 Å². The van der Waals surface area contributed by atoms with Crippen molar-refractivity contribution in [1.29, 1.82) is 0 Å². The number of nitrogens with zero attached hydrogens (tertiary/aromatic N) is 5. The van der Waals surface area contributed by atoms with E-state index in [-0.39, 0.29) is 17.6 Å². The van der Waals surface area contributed by atoms with Gasteiger partial charge in [-0.25, -0.2) is 4.98 Å². The average Bonchev–Trinajstić information content (AvgIpc) is 3.04. The molecule has 6 nitrogen and oxygen atoms in total.